The zero-order chi connectivity index (χ0) is 15.5. The maximum Gasteiger partial charge on any atom is 0.407 e. The molecule has 1 fully saturated rings. The number of rotatable bonds is 8. The number of amides is 1. The summed E-state index contributed by atoms with van der Waals surface area (Å²) in [5.74, 6) is 0.607. The Kier molecular flexibility index (Phi) is 8.67. The van der Waals surface area contributed by atoms with Crippen LogP contribution in [0, 0.1) is 5.92 Å². The van der Waals surface area contributed by atoms with E-state index in [1.807, 2.05) is 6.92 Å². The van der Waals surface area contributed by atoms with Gasteiger partial charge in [-0.25, -0.2) is 4.79 Å². The van der Waals surface area contributed by atoms with Crippen LogP contribution in [0.5, 0.6) is 0 Å². The Morgan fingerprint density at radius 2 is 2.14 bits per heavy atom. The summed E-state index contributed by atoms with van der Waals surface area (Å²) in [5, 5.41) is 6.63. The number of unbranched alkanes of at least 4 members (excludes halogenated alkanes) is 1. The van der Waals surface area contributed by atoms with Crippen molar-refractivity contribution in [3.63, 3.8) is 0 Å². The third-order valence-corrected chi connectivity index (χ3v) is 4.16. The highest BCUT2D eigenvalue weighted by molar-refractivity contribution is 5.67. The monoisotopic (exact) mass is 296 g/mol. The van der Waals surface area contributed by atoms with Crippen molar-refractivity contribution in [1.82, 2.24) is 5.32 Å². The summed E-state index contributed by atoms with van der Waals surface area (Å²) in [4.78, 5) is 14.7. The van der Waals surface area contributed by atoms with Gasteiger partial charge in [0.25, 0.3) is 0 Å². The second-order valence-electron chi connectivity index (χ2n) is 5.93. The summed E-state index contributed by atoms with van der Waals surface area (Å²) in [6.07, 6.45) is 8.55. The molecule has 2 atom stereocenters. The third-order valence-electron chi connectivity index (χ3n) is 4.16. The lowest BCUT2D eigenvalue weighted by Gasteiger charge is -2.28. The van der Waals surface area contributed by atoms with E-state index in [0.717, 1.165) is 19.3 Å². The minimum Gasteiger partial charge on any atom is -0.450 e. The van der Waals surface area contributed by atoms with E-state index in [0.29, 0.717) is 12.5 Å². The molecule has 0 aromatic carbocycles. The van der Waals surface area contributed by atoms with Gasteiger partial charge >= 0.3 is 6.09 Å². The summed E-state index contributed by atoms with van der Waals surface area (Å²) in [6.45, 7) is 4.34. The van der Waals surface area contributed by atoms with Gasteiger partial charge in [0.2, 0.25) is 0 Å². The van der Waals surface area contributed by atoms with E-state index in [1.165, 1.54) is 32.1 Å². The number of ether oxygens (including phenoxy) is 1. The van der Waals surface area contributed by atoms with Crippen molar-refractivity contribution < 1.29 is 9.53 Å². The van der Waals surface area contributed by atoms with Crippen LogP contribution in [0.4, 0.5) is 4.79 Å². The average Bonchev–Trinajstić information content (AvgIpc) is 2.48. The van der Waals surface area contributed by atoms with Crippen molar-refractivity contribution in [2.24, 2.45) is 11.0 Å². The fourth-order valence-corrected chi connectivity index (χ4v) is 2.82. The molecule has 0 aromatic heterocycles. The van der Waals surface area contributed by atoms with Gasteiger partial charge in [0.15, 0.2) is 0 Å². The van der Waals surface area contributed by atoms with Gasteiger partial charge in [0, 0.05) is 11.0 Å². The molecule has 0 bridgehead atoms. The fraction of sp³-hybridized carbons (Fsp3) is 0.933. The van der Waals surface area contributed by atoms with Gasteiger partial charge in [-0.3, -0.25) is 0 Å². The second-order valence-corrected chi connectivity index (χ2v) is 5.93. The Morgan fingerprint density at radius 3 is 2.76 bits per heavy atom. The normalized spacial score (nSPS) is 18.4. The van der Waals surface area contributed by atoms with E-state index < -0.39 is 6.09 Å². The maximum absolute atomic E-state index is 11.8. The van der Waals surface area contributed by atoms with Gasteiger partial charge < -0.3 is 10.1 Å². The Balaban J connectivity index is 2.50. The predicted octanol–water partition coefficient (Wildman–Crippen LogP) is 4.55. The highest BCUT2D eigenvalue weighted by atomic mass is 16.5. The molecule has 21 heavy (non-hydrogen) atoms. The second kappa shape index (κ2) is 10.3. The Morgan fingerprint density at radius 1 is 1.43 bits per heavy atom. The molecule has 0 radical (unpaired) electrons. The van der Waals surface area contributed by atoms with Crippen molar-refractivity contribution >= 4 is 6.09 Å². The minimum absolute atomic E-state index is 0.141. The molecule has 6 nitrogen and oxygen atoms in total. The standard InChI is InChI=1S/C15H28N4O2/c1-3-4-10-21-15(20)17-14(12(2)18-19-16)11-13-8-6-5-7-9-13/h12-14H,3-11H2,1-2H3,(H,17,20)/t12-,14-/m0/s1. The topological polar surface area (TPSA) is 87.1 Å². The number of nitrogens with one attached hydrogen (secondary N) is 1. The van der Waals surface area contributed by atoms with Gasteiger partial charge in [-0.2, -0.15) is 0 Å². The van der Waals surface area contributed by atoms with Crippen LogP contribution in [-0.2, 0) is 4.74 Å². The summed E-state index contributed by atoms with van der Waals surface area (Å²) in [6, 6.07) is -0.395. The Labute approximate surface area is 127 Å². The molecule has 1 saturated carbocycles. The number of carbonyl (C=O) groups excluding carboxylic acids is 1. The van der Waals surface area contributed by atoms with Crippen molar-refractivity contribution in [2.45, 2.75) is 77.3 Å². The SMILES string of the molecule is CCCCOC(=O)N[C@@H](CC1CCCCC1)[C@H](C)N=[N+]=[N-]. The minimum atomic E-state index is -0.399. The summed E-state index contributed by atoms with van der Waals surface area (Å²) in [5.41, 5.74) is 8.61. The van der Waals surface area contributed by atoms with Crippen molar-refractivity contribution in [3.8, 4) is 0 Å². The molecule has 1 aliphatic carbocycles. The molecular formula is C15H28N4O2. The van der Waals surface area contributed by atoms with Gasteiger partial charge in [-0.15, -0.1) is 0 Å². The van der Waals surface area contributed by atoms with E-state index >= 15 is 0 Å². The Hall–Kier alpha value is -1.42. The molecule has 6 heteroatoms. The summed E-state index contributed by atoms with van der Waals surface area (Å²) < 4.78 is 5.15. The zero-order valence-corrected chi connectivity index (χ0v) is 13.3. The molecule has 0 spiro atoms. The largest absolute Gasteiger partial charge is 0.450 e. The number of alkyl carbamates (subject to hydrolysis) is 1. The first kappa shape index (κ1) is 17.6. The highest BCUT2D eigenvalue weighted by Gasteiger charge is 2.24. The molecule has 1 aliphatic rings. The molecule has 0 aromatic rings. The third kappa shape index (κ3) is 7.23. The molecule has 1 N–H and O–H groups in total. The van der Waals surface area contributed by atoms with E-state index in [1.54, 1.807) is 0 Å². The van der Waals surface area contributed by atoms with Crippen molar-refractivity contribution in [1.29, 1.82) is 0 Å². The molecule has 1 rings (SSSR count). The van der Waals surface area contributed by atoms with Crippen molar-refractivity contribution in [3.05, 3.63) is 10.4 Å². The quantitative estimate of drug-likeness (QED) is 0.308. The zero-order valence-electron chi connectivity index (χ0n) is 13.3. The Bertz CT molecular complexity index is 350. The molecular weight excluding hydrogens is 268 g/mol. The van der Waals surface area contributed by atoms with Crippen LogP contribution in [-0.4, -0.2) is 24.8 Å². The summed E-state index contributed by atoms with van der Waals surface area (Å²) in [7, 11) is 0. The lowest BCUT2D eigenvalue weighted by Crippen LogP contribution is -2.43. The van der Waals surface area contributed by atoms with Gasteiger partial charge in [-0.05, 0) is 24.3 Å². The molecule has 0 heterocycles. The van der Waals surface area contributed by atoms with Crippen LogP contribution >= 0.6 is 0 Å². The van der Waals surface area contributed by atoms with Crippen LogP contribution in [0.25, 0.3) is 10.4 Å². The summed E-state index contributed by atoms with van der Waals surface area (Å²) >= 11 is 0. The van der Waals surface area contributed by atoms with E-state index in [4.69, 9.17) is 10.3 Å². The number of hydrogen-bond acceptors (Lipinski definition) is 3. The van der Waals surface area contributed by atoms with Gasteiger partial charge in [0.05, 0.1) is 12.6 Å². The van der Waals surface area contributed by atoms with Gasteiger partial charge in [-0.1, -0.05) is 57.5 Å². The van der Waals surface area contributed by atoms with Gasteiger partial charge in [0.1, 0.15) is 0 Å². The maximum atomic E-state index is 11.8. The predicted molar refractivity (Wildman–Crippen MR) is 83.0 cm³/mol. The molecule has 0 aliphatic heterocycles. The van der Waals surface area contributed by atoms with Crippen molar-refractivity contribution in [2.75, 3.05) is 6.61 Å². The lowest BCUT2D eigenvalue weighted by atomic mass is 9.83. The average molecular weight is 296 g/mol. The van der Waals surface area contributed by atoms with Crippen LogP contribution in [0.3, 0.4) is 0 Å². The number of nitrogens with zero attached hydrogens (tertiary/aromatic N) is 3. The molecule has 120 valence electrons. The van der Waals surface area contributed by atoms with Crippen LogP contribution < -0.4 is 5.32 Å². The number of carbonyl (C=O) groups is 1. The van der Waals surface area contributed by atoms with Crippen LogP contribution in [0.1, 0.15) is 65.2 Å². The van der Waals surface area contributed by atoms with Crippen LogP contribution in [0.2, 0.25) is 0 Å². The highest BCUT2D eigenvalue weighted by Crippen LogP contribution is 2.28. The molecule has 0 saturated heterocycles. The lowest BCUT2D eigenvalue weighted by molar-refractivity contribution is 0.136. The van der Waals surface area contributed by atoms with E-state index in [-0.39, 0.29) is 12.1 Å². The number of hydrogen-bond donors (Lipinski definition) is 1. The van der Waals surface area contributed by atoms with E-state index in [9.17, 15) is 4.79 Å². The first-order valence-corrected chi connectivity index (χ1v) is 8.14. The number of azide groups is 1. The van der Waals surface area contributed by atoms with E-state index in [2.05, 4.69) is 22.3 Å². The first-order valence-electron chi connectivity index (χ1n) is 8.14. The fourth-order valence-electron chi connectivity index (χ4n) is 2.82. The molecule has 0 unspecified atom stereocenters. The smallest absolute Gasteiger partial charge is 0.407 e. The van der Waals surface area contributed by atoms with Crippen LogP contribution in [0.15, 0.2) is 5.11 Å². The first-order chi connectivity index (χ1) is 10.2. The molecule has 1 amide bonds.